The lowest BCUT2D eigenvalue weighted by atomic mass is 9.69. The van der Waals surface area contributed by atoms with Gasteiger partial charge in [-0.25, -0.2) is 0 Å². The molecule has 1 saturated carbocycles. The molecule has 1 aliphatic heterocycles. The maximum atomic E-state index is 12.8. The summed E-state index contributed by atoms with van der Waals surface area (Å²) in [7, 11) is 0. The largest absolute Gasteiger partial charge is 0.339 e. The predicted octanol–water partition coefficient (Wildman–Crippen LogP) is 5.01. The van der Waals surface area contributed by atoms with Crippen molar-refractivity contribution >= 4 is 21.8 Å². The molecular formula is C18H32BrNO. The number of amides is 1. The van der Waals surface area contributed by atoms with Crippen molar-refractivity contribution in [1.29, 1.82) is 0 Å². The van der Waals surface area contributed by atoms with Gasteiger partial charge in [0.2, 0.25) is 5.91 Å². The first-order valence-corrected chi connectivity index (χ1v) is 9.92. The lowest BCUT2D eigenvalue weighted by molar-refractivity contribution is -0.138. The second-order valence-corrected chi connectivity index (χ2v) is 8.87. The number of alkyl halides is 1. The van der Waals surface area contributed by atoms with E-state index in [9.17, 15) is 4.79 Å². The first-order chi connectivity index (χ1) is 9.93. The Balaban J connectivity index is 1.86. The van der Waals surface area contributed by atoms with Crippen molar-refractivity contribution in [3.63, 3.8) is 0 Å². The van der Waals surface area contributed by atoms with Crippen molar-refractivity contribution in [2.24, 2.45) is 17.3 Å². The van der Waals surface area contributed by atoms with Crippen LogP contribution in [0.25, 0.3) is 0 Å². The molecule has 2 rings (SSSR count). The Morgan fingerprint density at radius 3 is 2.38 bits per heavy atom. The summed E-state index contributed by atoms with van der Waals surface area (Å²) in [6.07, 6.45) is 9.48. The molecule has 1 amide bonds. The molecule has 0 aromatic rings. The van der Waals surface area contributed by atoms with Crippen LogP contribution in [0.4, 0.5) is 0 Å². The SMILES string of the molecule is CC(C)(C)C1CCC(C(=O)N2CCCC2CCCBr)CC1. The van der Waals surface area contributed by atoms with E-state index in [0.29, 0.717) is 23.3 Å². The van der Waals surface area contributed by atoms with E-state index < -0.39 is 0 Å². The summed E-state index contributed by atoms with van der Waals surface area (Å²) in [4.78, 5) is 15.1. The predicted molar refractivity (Wildman–Crippen MR) is 92.7 cm³/mol. The van der Waals surface area contributed by atoms with Gasteiger partial charge in [0.05, 0.1) is 0 Å². The molecular weight excluding hydrogens is 326 g/mol. The number of rotatable bonds is 4. The third kappa shape index (κ3) is 4.46. The molecule has 3 heteroatoms. The van der Waals surface area contributed by atoms with Crippen molar-refractivity contribution in [3.8, 4) is 0 Å². The van der Waals surface area contributed by atoms with Crippen molar-refractivity contribution < 1.29 is 4.79 Å². The van der Waals surface area contributed by atoms with Crippen LogP contribution in [0.15, 0.2) is 0 Å². The van der Waals surface area contributed by atoms with Crippen LogP contribution in [0.1, 0.15) is 72.1 Å². The Morgan fingerprint density at radius 1 is 1.14 bits per heavy atom. The number of hydrogen-bond acceptors (Lipinski definition) is 1. The average molecular weight is 358 g/mol. The third-order valence-corrected chi connectivity index (χ3v) is 6.19. The minimum absolute atomic E-state index is 0.313. The summed E-state index contributed by atoms with van der Waals surface area (Å²) in [6.45, 7) is 8.04. The molecule has 0 radical (unpaired) electrons. The van der Waals surface area contributed by atoms with Crippen LogP contribution in [-0.2, 0) is 4.79 Å². The molecule has 122 valence electrons. The Hall–Kier alpha value is -0.0500. The molecule has 0 N–H and O–H groups in total. The Bertz CT molecular complexity index is 342. The molecule has 1 heterocycles. The fourth-order valence-corrected chi connectivity index (χ4v) is 4.50. The summed E-state index contributed by atoms with van der Waals surface area (Å²) in [6, 6.07) is 0.524. The Kier molecular flexibility index (Phi) is 6.16. The summed E-state index contributed by atoms with van der Waals surface area (Å²) in [5.41, 5.74) is 0.403. The van der Waals surface area contributed by atoms with Gasteiger partial charge in [0, 0.05) is 23.8 Å². The Morgan fingerprint density at radius 2 is 1.81 bits per heavy atom. The molecule has 0 spiro atoms. The zero-order valence-electron chi connectivity index (χ0n) is 14.0. The highest BCUT2D eigenvalue weighted by molar-refractivity contribution is 9.09. The van der Waals surface area contributed by atoms with E-state index in [0.717, 1.165) is 30.6 Å². The lowest BCUT2D eigenvalue weighted by Gasteiger charge is -2.38. The zero-order chi connectivity index (χ0) is 15.5. The molecule has 1 aliphatic carbocycles. The maximum absolute atomic E-state index is 12.8. The summed E-state index contributed by atoms with van der Waals surface area (Å²) < 4.78 is 0. The third-order valence-electron chi connectivity index (χ3n) is 5.63. The van der Waals surface area contributed by atoms with Gasteiger partial charge in [-0.05, 0) is 62.7 Å². The highest BCUT2D eigenvalue weighted by Crippen LogP contribution is 2.40. The highest BCUT2D eigenvalue weighted by Gasteiger charge is 2.36. The number of hydrogen-bond donors (Lipinski definition) is 0. The van der Waals surface area contributed by atoms with Crippen LogP contribution < -0.4 is 0 Å². The van der Waals surface area contributed by atoms with Gasteiger partial charge >= 0.3 is 0 Å². The van der Waals surface area contributed by atoms with Crippen LogP contribution >= 0.6 is 15.9 Å². The number of nitrogens with zero attached hydrogens (tertiary/aromatic N) is 1. The molecule has 2 aliphatic rings. The normalized spacial score (nSPS) is 30.7. The van der Waals surface area contributed by atoms with E-state index in [4.69, 9.17) is 0 Å². The fraction of sp³-hybridized carbons (Fsp3) is 0.944. The van der Waals surface area contributed by atoms with Gasteiger partial charge in [-0.1, -0.05) is 36.7 Å². The molecule has 0 aromatic heterocycles. The molecule has 1 atom stereocenters. The standard InChI is InChI=1S/C18H32BrNO/c1-18(2,3)15-10-8-14(9-11-15)17(21)20-13-5-7-16(20)6-4-12-19/h14-16H,4-13H2,1-3H3. The summed E-state index contributed by atoms with van der Waals surface area (Å²) >= 11 is 3.51. The van der Waals surface area contributed by atoms with Gasteiger partial charge in [0.25, 0.3) is 0 Å². The van der Waals surface area contributed by atoms with E-state index >= 15 is 0 Å². The molecule has 0 bridgehead atoms. The molecule has 21 heavy (non-hydrogen) atoms. The summed E-state index contributed by atoms with van der Waals surface area (Å²) in [5.74, 6) is 1.58. The van der Waals surface area contributed by atoms with Crippen molar-refractivity contribution in [2.75, 3.05) is 11.9 Å². The topological polar surface area (TPSA) is 20.3 Å². The van der Waals surface area contributed by atoms with E-state index in [1.165, 1.54) is 38.5 Å². The highest BCUT2D eigenvalue weighted by atomic mass is 79.9. The monoisotopic (exact) mass is 357 g/mol. The molecule has 0 aromatic carbocycles. The molecule has 2 nitrogen and oxygen atoms in total. The minimum atomic E-state index is 0.313. The van der Waals surface area contributed by atoms with Gasteiger partial charge in [-0.3, -0.25) is 4.79 Å². The van der Waals surface area contributed by atoms with Gasteiger partial charge < -0.3 is 4.90 Å². The van der Waals surface area contributed by atoms with E-state index in [1.54, 1.807) is 0 Å². The number of carbonyl (C=O) groups is 1. The van der Waals surface area contributed by atoms with Crippen molar-refractivity contribution in [3.05, 3.63) is 0 Å². The Labute approximate surface area is 139 Å². The van der Waals surface area contributed by atoms with Crippen LogP contribution in [0.5, 0.6) is 0 Å². The summed E-state index contributed by atoms with van der Waals surface area (Å²) in [5, 5.41) is 1.06. The maximum Gasteiger partial charge on any atom is 0.225 e. The quantitative estimate of drug-likeness (QED) is 0.647. The van der Waals surface area contributed by atoms with Crippen LogP contribution in [-0.4, -0.2) is 28.7 Å². The van der Waals surface area contributed by atoms with Crippen LogP contribution in [0, 0.1) is 17.3 Å². The molecule has 1 saturated heterocycles. The zero-order valence-corrected chi connectivity index (χ0v) is 15.6. The van der Waals surface area contributed by atoms with Gasteiger partial charge in [0.1, 0.15) is 0 Å². The minimum Gasteiger partial charge on any atom is -0.339 e. The van der Waals surface area contributed by atoms with Gasteiger partial charge in [-0.2, -0.15) is 0 Å². The number of likely N-dealkylation sites (tertiary alicyclic amines) is 1. The number of carbonyl (C=O) groups excluding carboxylic acids is 1. The second-order valence-electron chi connectivity index (χ2n) is 8.07. The van der Waals surface area contributed by atoms with E-state index in [2.05, 4.69) is 41.6 Å². The van der Waals surface area contributed by atoms with Crippen molar-refractivity contribution in [2.45, 2.75) is 78.2 Å². The first-order valence-electron chi connectivity index (χ1n) is 8.80. The smallest absolute Gasteiger partial charge is 0.225 e. The fourth-order valence-electron chi connectivity index (χ4n) is 4.18. The van der Waals surface area contributed by atoms with E-state index in [1.807, 2.05) is 0 Å². The second kappa shape index (κ2) is 7.48. The van der Waals surface area contributed by atoms with Crippen LogP contribution in [0.2, 0.25) is 0 Å². The lowest BCUT2D eigenvalue weighted by Crippen LogP contribution is -2.41. The molecule has 1 unspecified atom stereocenters. The van der Waals surface area contributed by atoms with Gasteiger partial charge in [-0.15, -0.1) is 0 Å². The average Bonchev–Trinajstić information content (AvgIpc) is 2.92. The van der Waals surface area contributed by atoms with Crippen LogP contribution in [0.3, 0.4) is 0 Å². The van der Waals surface area contributed by atoms with Crippen molar-refractivity contribution in [1.82, 2.24) is 4.90 Å². The number of halogens is 1. The first kappa shape index (κ1) is 17.3. The van der Waals surface area contributed by atoms with Gasteiger partial charge in [0.15, 0.2) is 0 Å². The van der Waals surface area contributed by atoms with E-state index in [-0.39, 0.29) is 0 Å². The molecule has 2 fully saturated rings.